The predicted octanol–water partition coefficient (Wildman–Crippen LogP) is 1.29. The van der Waals surface area contributed by atoms with E-state index in [0.29, 0.717) is 0 Å². The van der Waals surface area contributed by atoms with E-state index in [2.05, 4.69) is 25.2 Å². The zero-order valence-electron chi connectivity index (χ0n) is 11.9. The van der Waals surface area contributed by atoms with E-state index >= 15 is 0 Å². The molecule has 8 heteroatoms. The second-order valence-electron chi connectivity index (χ2n) is 3.22. The molecule has 0 unspecified atom stereocenters. The summed E-state index contributed by atoms with van der Waals surface area (Å²) in [4.78, 5) is 11.8. The van der Waals surface area contributed by atoms with Gasteiger partial charge >= 0.3 is 16.4 Å². The molecule has 0 saturated heterocycles. The quantitative estimate of drug-likeness (QED) is 0.425. The van der Waals surface area contributed by atoms with Crippen molar-refractivity contribution in [2.24, 2.45) is 0 Å². The fraction of sp³-hybridized carbons (Fsp3) is 0.700. The maximum Gasteiger partial charge on any atom is 0.394 e. The van der Waals surface area contributed by atoms with Gasteiger partial charge in [-0.15, -0.1) is 0 Å². The van der Waals surface area contributed by atoms with Gasteiger partial charge in [0.1, 0.15) is 0 Å². The number of nitrogens with zero attached hydrogens (tertiary/aromatic N) is 1. The second kappa shape index (κ2) is 18.4. The summed E-state index contributed by atoms with van der Waals surface area (Å²) in [6.07, 6.45) is 2.36. The Bertz CT molecular complexity index is 263. The molecular weight excluding hydrogens is 262 g/mol. The molecule has 0 atom stereocenters. The molecular formula is C10H25NO6S. The topological polar surface area (TPSA) is 104 Å². The Morgan fingerprint density at radius 2 is 1.44 bits per heavy atom. The van der Waals surface area contributed by atoms with Crippen molar-refractivity contribution in [2.45, 2.75) is 20.3 Å². The first-order valence-electron chi connectivity index (χ1n) is 4.97. The van der Waals surface area contributed by atoms with Gasteiger partial charge in [0.15, 0.2) is 0 Å². The maximum atomic E-state index is 9.84. The molecule has 0 radical (unpaired) electrons. The third-order valence-electron chi connectivity index (χ3n) is 0.368. The third kappa shape index (κ3) is 321. The largest absolute Gasteiger partial charge is 0.466 e. The van der Waals surface area contributed by atoms with Crippen molar-refractivity contribution in [1.29, 1.82) is 0 Å². The number of carbonyl (C=O) groups is 1. The van der Waals surface area contributed by atoms with Crippen molar-refractivity contribution >= 4 is 16.4 Å². The molecule has 2 N–H and O–H groups in total. The van der Waals surface area contributed by atoms with Gasteiger partial charge in [-0.05, 0) is 21.1 Å². The van der Waals surface area contributed by atoms with Crippen LogP contribution in [-0.2, 0) is 19.9 Å². The summed E-state index contributed by atoms with van der Waals surface area (Å²) in [6.45, 7) is 7.41. The van der Waals surface area contributed by atoms with Crippen molar-refractivity contribution in [3.63, 3.8) is 0 Å². The monoisotopic (exact) mass is 287 g/mol. The molecule has 0 saturated carbocycles. The van der Waals surface area contributed by atoms with E-state index in [1.807, 2.05) is 26.0 Å². The molecule has 0 spiro atoms. The van der Waals surface area contributed by atoms with Crippen molar-refractivity contribution in [3.05, 3.63) is 12.7 Å². The molecule has 18 heavy (non-hydrogen) atoms. The van der Waals surface area contributed by atoms with Gasteiger partial charge in [-0.1, -0.05) is 26.8 Å². The van der Waals surface area contributed by atoms with Crippen LogP contribution in [0.15, 0.2) is 12.7 Å². The van der Waals surface area contributed by atoms with Crippen molar-refractivity contribution in [1.82, 2.24) is 4.90 Å². The lowest BCUT2D eigenvalue weighted by Crippen LogP contribution is -1.99. The molecule has 112 valence electrons. The average Bonchev–Trinajstić information content (AvgIpc) is 2.14. The molecule has 0 fully saturated rings. The SMILES string of the molecule is C=CC(=O)OC.CCC.CN(C)C.O=S(=O)(O)O. The number of ether oxygens (including phenoxy) is 1. The van der Waals surface area contributed by atoms with Crippen LogP contribution >= 0.6 is 0 Å². The highest BCUT2D eigenvalue weighted by Gasteiger charge is 1.84. The minimum absolute atomic E-state index is 0.394. The molecule has 0 aromatic heterocycles. The number of carbonyl (C=O) groups excluding carboxylic acids is 1. The lowest BCUT2D eigenvalue weighted by molar-refractivity contribution is -0.134. The fourth-order valence-corrected chi connectivity index (χ4v) is 0.0833. The first kappa shape index (κ1) is 25.8. The molecule has 0 aliphatic carbocycles. The zero-order chi connectivity index (χ0) is 15.8. The van der Waals surface area contributed by atoms with Crippen molar-refractivity contribution < 1.29 is 27.1 Å². The van der Waals surface area contributed by atoms with E-state index in [4.69, 9.17) is 17.5 Å². The Hall–Kier alpha value is -0.960. The molecule has 0 heterocycles. The van der Waals surface area contributed by atoms with Crippen LogP contribution in [0.4, 0.5) is 0 Å². The first-order valence-corrected chi connectivity index (χ1v) is 6.36. The molecule has 0 bridgehead atoms. The lowest BCUT2D eigenvalue weighted by atomic mass is 10.6. The fourth-order valence-electron chi connectivity index (χ4n) is 0.0833. The Balaban J connectivity index is -0.0000000750. The van der Waals surface area contributed by atoms with Gasteiger partial charge < -0.3 is 9.64 Å². The minimum Gasteiger partial charge on any atom is -0.466 e. The average molecular weight is 287 g/mol. The highest BCUT2D eigenvalue weighted by molar-refractivity contribution is 7.79. The van der Waals surface area contributed by atoms with Crippen LogP contribution in [-0.4, -0.2) is 56.6 Å². The summed E-state index contributed by atoms with van der Waals surface area (Å²) in [5.74, 6) is -0.394. The number of methoxy groups -OCH3 is 1. The molecule has 0 aliphatic heterocycles. The van der Waals surface area contributed by atoms with E-state index in [1.54, 1.807) is 0 Å². The van der Waals surface area contributed by atoms with E-state index < -0.39 is 16.4 Å². The minimum atomic E-state index is -4.67. The van der Waals surface area contributed by atoms with Gasteiger partial charge in [0.05, 0.1) is 7.11 Å². The maximum absolute atomic E-state index is 9.84. The first-order chi connectivity index (χ1) is 7.95. The van der Waals surface area contributed by atoms with Crippen LogP contribution < -0.4 is 0 Å². The number of esters is 1. The van der Waals surface area contributed by atoms with Gasteiger partial charge in [-0.25, -0.2) is 4.79 Å². The normalized spacial score (nSPS) is 8.50. The van der Waals surface area contributed by atoms with Crippen molar-refractivity contribution in [3.8, 4) is 0 Å². The molecule has 0 aromatic carbocycles. The summed E-state index contributed by atoms with van der Waals surface area (Å²) in [7, 11) is 2.64. The number of hydrogen-bond acceptors (Lipinski definition) is 5. The van der Waals surface area contributed by atoms with Gasteiger partial charge in [-0.3, -0.25) is 9.11 Å². The van der Waals surface area contributed by atoms with E-state index in [1.165, 1.54) is 13.5 Å². The third-order valence-corrected chi connectivity index (χ3v) is 0.368. The van der Waals surface area contributed by atoms with Gasteiger partial charge in [-0.2, -0.15) is 8.42 Å². The Kier molecular flexibility index (Phi) is 26.4. The number of rotatable bonds is 1. The molecule has 7 nitrogen and oxygen atoms in total. The Labute approximate surface area is 110 Å². The van der Waals surface area contributed by atoms with E-state index in [0.717, 1.165) is 6.08 Å². The summed E-state index contributed by atoms with van der Waals surface area (Å²) in [5, 5.41) is 0. The summed E-state index contributed by atoms with van der Waals surface area (Å²) < 4.78 is 35.7. The summed E-state index contributed by atoms with van der Waals surface area (Å²) >= 11 is 0. The van der Waals surface area contributed by atoms with Gasteiger partial charge in [0.2, 0.25) is 0 Å². The standard InChI is InChI=1S/C4H6O2.C3H9N.C3H8.H2O4S/c1-3-4(5)6-2;1-4(2)3;1-3-2;1-5(2,3)4/h3H,1H2,2H3;1-3H3;3H2,1-2H3;(H2,1,2,3,4). The Morgan fingerprint density at radius 1 is 1.28 bits per heavy atom. The molecule has 0 rings (SSSR count). The van der Waals surface area contributed by atoms with Crippen LogP contribution in [0.5, 0.6) is 0 Å². The predicted molar refractivity (Wildman–Crippen MR) is 72.0 cm³/mol. The molecule has 0 aliphatic rings. The van der Waals surface area contributed by atoms with Gasteiger partial charge in [0.25, 0.3) is 0 Å². The molecule has 0 aromatic rings. The van der Waals surface area contributed by atoms with Crippen molar-refractivity contribution in [2.75, 3.05) is 28.3 Å². The zero-order valence-corrected chi connectivity index (χ0v) is 12.7. The Morgan fingerprint density at radius 3 is 1.44 bits per heavy atom. The van der Waals surface area contributed by atoms with Crippen LogP contribution in [0.25, 0.3) is 0 Å². The second-order valence-corrected chi connectivity index (χ2v) is 4.12. The summed E-state index contributed by atoms with van der Waals surface area (Å²) in [6, 6.07) is 0. The van der Waals surface area contributed by atoms with Crippen LogP contribution in [0, 0.1) is 0 Å². The summed E-state index contributed by atoms with van der Waals surface area (Å²) in [5.41, 5.74) is 0. The van der Waals surface area contributed by atoms with Crippen LogP contribution in [0.1, 0.15) is 20.3 Å². The molecule has 0 amide bonds. The van der Waals surface area contributed by atoms with E-state index in [-0.39, 0.29) is 0 Å². The van der Waals surface area contributed by atoms with Gasteiger partial charge in [0, 0.05) is 6.08 Å². The highest BCUT2D eigenvalue weighted by atomic mass is 32.3. The highest BCUT2D eigenvalue weighted by Crippen LogP contribution is 1.67. The number of hydrogen-bond donors (Lipinski definition) is 2. The van der Waals surface area contributed by atoms with Crippen LogP contribution in [0.3, 0.4) is 0 Å². The van der Waals surface area contributed by atoms with E-state index in [9.17, 15) is 4.79 Å². The lowest BCUT2D eigenvalue weighted by Gasteiger charge is -1.90. The smallest absolute Gasteiger partial charge is 0.394 e. The van der Waals surface area contributed by atoms with Crippen LogP contribution in [0.2, 0.25) is 0 Å².